The van der Waals surface area contributed by atoms with Crippen molar-refractivity contribution in [3.8, 4) is 22.7 Å². The second-order valence-electron chi connectivity index (χ2n) is 8.21. The molecule has 0 radical (unpaired) electrons. The van der Waals surface area contributed by atoms with Gasteiger partial charge in [-0.05, 0) is 43.5 Å². The van der Waals surface area contributed by atoms with Crippen molar-refractivity contribution in [2.45, 2.75) is 31.1 Å². The molecule has 3 heterocycles. The van der Waals surface area contributed by atoms with Crippen molar-refractivity contribution in [3.05, 3.63) is 49.1 Å². The molecule has 5 rings (SSSR count). The van der Waals surface area contributed by atoms with E-state index in [-0.39, 0.29) is 17.7 Å². The number of anilines is 1. The molecule has 3 aromatic rings. The standard InChI is InChI=1S/C21H23FN6O/c1-21-10-13(11-24-21)19(20(21)22)27(2)18-6-5-16(25-26-18)15-4-3-14(9-17(15)29)28-8-7-23-12-28/h3-9,12-13,19-20,24,29H,10-11H2,1-2H3/t13-,19-,20-,21-/m0/s1. The van der Waals surface area contributed by atoms with Gasteiger partial charge in [-0.1, -0.05) is 0 Å². The van der Waals surface area contributed by atoms with Crippen molar-refractivity contribution in [2.24, 2.45) is 5.92 Å². The molecule has 2 aromatic heterocycles. The molecule has 1 aliphatic heterocycles. The van der Waals surface area contributed by atoms with E-state index in [1.54, 1.807) is 24.7 Å². The molecular weight excluding hydrogens is 371 g/mol. The molecule has 150 valence electrons. The van der Waals surface area contributed by atoms with Crippen LogP contribution in [0, 0.1) is 5.92 Å². The third-order valence-electron chi connectivity index (χ3n) is 6.36. The number of nitrogens with one attached hydrogen (secondary N) is 1. The summed E-state index contributed by atoms with van der Waals surface area (Å²) in [5.41, 5.74) is 1.52. The number of hydrogen-bond donors (Lipinski definition) is 2. The normalized spacial score (nSPS) is 28.0. The number of phenols is 1. The lowest BCUT2D eigenvalue weighted by Gasteiger charge is -2.37. The Balaban J connectivity index is 1.38. The number of imidazole rings is 1. The maximum absolute atomic E-state index is 15.0. The number of piperidine rings is 1. The van der Waals surface area contributed by atoms with E-state index in [9.17, 15) is 9.50 Å². The smallest absolute Gasteiger partial charge is 0.151 e. The summed E-state index contributed by atoms with van der Waals surface area (Å²) in [6, 6.07) is 8.79. The Morgan fingerprint density at radius 1 is 1.28 bits per heavy atom. The fourth-order valence-corrected chi connectivity index (χ4v) is 4.75. The van der Waals surface area contributed by atoms with E-state index in [1.165, 1.54) is 0 Å². The summed E-state index contributed by atoms with van der Waals surface area (Å²) in [6.07, 6.45) is 5.05. The number of hydrogen-bond acceptors (Lipinski definition) is 6. The highest BCUT2D eigenvalue weighted by Crippen LogP contribution is 2.44. The number of aromatic nitrogens is 4. The van der Waals surface area contributed by atoms with Crippen LogP contribution in [0.2, 0.25) is 0 Å². The molecule has 2 fully saturated rings. The number of benzene rings is 1. The van der Waals surface area contributed by atoms with Gasteiger partial charge in [0.25, 0.3) is 0 Å². The van der Waals surface area contributed by atoms with Crippen LogP contribution in [0.4, 0.5) is 10.2 Å². The first-order valence-electron chi connectivity index (χ1n) is 9.74. The first kappa shape index (κ1) is 18.1. The van der Waals surface area contributed by atoms with Gasteiger partial charge in [-0.15, -0.1) is 10.2 Å². The zero-order valence-electron chi connectivity index (χ0n) is 16.3. The van der Waals surface area contributed by atoms with Crippen LogP contribution in [0.3, 0.4) is 0 Å². The summed E-state index contributed by atoms with van der Waals surface area (Å²) < 4.78 is 16.8. The molecule has 0 spiro atoms. The number of alkyl halides is 1. The number of phenolic OH excluding ortho intramolecular Hbond substituents is 1. The van der Waals surface area contributed by atoms with Crippen molar-refractivity contribution < 1.29 is 9.50 Å². The third kappa shape index (κ3) is 2.86. The zero-order valence-corrected chi connectivity index (χ0v) is 16.3. The van der Waals surface area contributed by atoms with E-state index in [4.69, 9.17) is 0 Å². The molecule has 1 saturated heterocycles. The van der Waals surface area contributed by atoms with Crippen LogP contribution in [0.5, 0.6) is 5.75 Å². The largest absolute Gasteiger partial charge is 0.507 e. The second kappa shape index (κ2) is 6.52. The van der Waals surface area contributed by atoms with Gasteiger partial charge in [0.05, 0.1) is 23.8 Å². The van der Waals surface area contributed by atoms with Crippen LogP contribution < -0.4 is 10.2 Å². The van der Waals surface area contributed by atoms with E-state index in [2.05, 4.69) is 20.5 Å². The topological polar surface area (TPSA) is 79.1 Å². The highest BCUT2D eigenvalue weighted by atomic mass is 19.1. The van der Waals surface area contributed by atoms with Crippen molar-refractivity contribution in [3.63, 3.8) is 0 Å². The van der Waals surface area contributed by atoms with Gasteiger partial charge in [-0.3, -0.25) is 0 Å². The molecule has 1 aromatic carbocycles. The molecule has 1 aliphatic carbocycles. The average Bonchev–Trinajstić information content (AvgIpc) is 3.43. The molecule has 7 nitrogen and oxygen atoms in total. The first-order valence-corrected chi connectivity index (χ1v) is 9.74. The van der Waals surface area contributed by atoms with Gasteiger partial charge < -0.3 is 19.9 Å². The summed E-state index contributed by atoms with van der Waals surface area (Å²) in [7, 11) is 1.88. The number of halogens is 1. The van der Waals surface area contributed by atoms with E-state index in [0.717, 1.165) is 18.7 Å². The summed E-state index contributed by atoms with van der Waals surface area (Å²) in [4.78, 5) is 5.92. The summed E-state index contributed by atoms with van der Waals surface area (Å²) in [5, 5.41) is 22.4. The minimum absolute atomic E-state index is 0.113. The summed E-state index contributed by atoms with van der Waals surface area (Å²) >= 11 is 0. The van der Waals surface area contributed by atoms with E-state index < -0.39 is 11.7 Å². The van der Waals surface area contributed by atoms with Crippen molar-refractivity contribution in [1.29, 1.82) is 0 Å². The Hall–Kier alpha value is -3.00. The van der Waals surface area contributed by atoms with Crippen LogP contribution >= 0.6 is 0 Å². The average molecular weight is 394 g/mol. The molecule has 1 saturated carbocycles. The molecular formula is C21H23FN6O. The zero-order chi connectivity index (χ0) is 20.2. The molecule has 2 aliphatic rings. The summed E-state index contributed by atoms with van der Waals surface area (Å²) in [5.74, 6) is 1.01. The molecule has 0 unspecified atom stereocenters. The number of nitrogens with zero attached hydrogens (tertiary/aromatic N) is 5. The van der Waals surface area contributed by atoms with Crippen LogP contribution in [-0.4, -0.2) is 56.2 Å². The van der Waals surface area contributed by atoms with Crippen molar-refractivity contribution in [2.75, 3.05) is 18.5 Å². The maximum atomic E-state index is 15.0. The van der Waals surface area contributed by atoms with Gasteiger partial charge in [-0.25, -0.2) is 9.37 Å². The Morgan fingerprint density at radius 2 is 2.14 bits per heavy atom. The number of rotatable bonds is 4. The molecule has 2 N–H and O–H groups in total. The van der Waals surface area contributed by atoms with E-state index in [0.29, 0.717) is 17.1 Å². The predicted octanol–water partition coefficient (Wildman–Crippen LogP) is 2.56. The SMILES string of the molecule is CN(c1ccc(-c2ccc(-n3ccnc3)cc2O)nn1)[C@H]1[C@@H]2CN[C@@](C)(C2)[C@H]1F. The molecule has 4 atom stereocenters. The lowest BCUT2D eigenvalue weighted by Crippen LogP contribution is -2.56. The summed E-state index contributed by atoms with van der Waals surface area (Å²) in [6.45, 7) is 2.78. The van der Waals surface area contributed by atoms with E-state index >= 15 is 0 Å². The molecule has 29 heavy (non-hydrogen) atoms. The van der Waals surface area contributed by atoms with Crippen LogP contribution in [0.25, 0.3) is 16.9 Å². The Morgan fingerprint density at radius 3 is 2.76 bits per heavy atom. The molecule has 2 bridgehead atoms. The molecule has 8 heteroatoms. The van der Waals surface area contributed by atoms with E-state index in [1.807, 2.05) is 47.8 Å². The third-order valence-corrected chi connectivity index (χ3v) is 6.36. The number of fused-ring (bicyclic) bond motifs is 2. The van der Waals surface area contributed by atoms with Crippen LogP contribution in [0.1, 0.15) is 13.3 Å². The lowest BCUT2D eigenvalue weighted by molar-refractivity contribution is 0.163. The van der Waals surface area contributed by atoms with Gasteiger partial charge in [-0.2, -0.15) is 0 Å². The van der Waals surface area contributed by atoms with Gasteiger partial charge in [0.15, 0.2) is 5.82 Å². The predicted molar refractivity (Wildman–Crippen MR) is 108 cm³/mol. The van der Waals surface area contributed by atoms with Crippen LogP contribution in [-0.2, 0) is 0 Å². The second-order valence-corrected chi connectivity index (χ2v) is 8.21. The quantitative estimate of drug-likeness (QED) is 0.708. The maximum Gasteiger partial charge on any atom is 0.151 e. The highest BCUT2D eigenvalue weighted by molar-refractivity contribution is 5.69. The lowest BCUT2D eigenvalue weighted by atomic mass is 9.96. The number of aromatic hydroxyl groups is 1. The minimum atomic E-state index is -0.951. The van der Waals surface area contributed by atoms with Gasteiger partial charge in [0, 0.05) is 43.2 Å². The van der Waals surface area contributed by atoms with Crippen molar-refractivity contribution >= 4 is 5.82 Å². The minimum Gasteiger partial charge on any atom is -0.507 e. The van der Waals surface area contributed by atoms with Gasteiger partial charge >= 0.3 is 0 Å². The van der Waals surface area contributed by atoms with Crippen LogP contribution in [0.15, 0.2) is 49.1 Å². The Kier molecular flexibility index (Phi) is 4.06. The molecule has 0 amide bonds. The fraction of sp³-hybridized carbons (Fsp3) is 0.381. The Labute approximate surface area is 168 Å². The highest BCUT2D eigenvalue weighted by Gasteiger charge is 2.57. The van der Waals surface area contributed by atoms with Gasteiger partial charge in [0.1, 0.15) is 11.9 Å². The fourth-order valence-electron chi connectivity index (χ4n) is 4.75. The Bertz CT molecular complexity index is 1020. The first-order chi connectivity index (χ1) is 14.0. The van der Waals surface area contributed by atoms with Gasteiger partial charge in [0.2, 0.25) is 0 Å². The monoisotopic (exact) mass is 394 g/mol. The van der Waals surface area contributed by atoms with Crippen molar-refractivity contribution in [1.82, 2.24) is 25.1 Å².